The molecule has 2 rings (SSSR count). The van der Waals surface area contributed by atoms with Gasteiger partial charge in [-0.2, -0.15) is 0 Å². The first-order valence-electron chi connectivity index (χ1n) is 5.48. The number of benzene rings is 1. The van der Waals surface area contributed by atoms with Crippen LogP contribution in [0.3, 0.4) is 0 Å². The molecule has 5 nitrogen and oxygen atoms in total. The SMILES string of the molecule is Cc1nnc(CCC(=O)Nc2ccccc2F)o1. The van der Waals surface area contributed by atoms with Gasteiger partial charge in [-0.1, -0.05) is 12.1 Å². The lowest BCUT2D eigenvalue weighted by Gasteiger charge is -2.04. The van der Waals surface area contributed by atoms with Crippen molar-refractivity contribution in [2.75, 3.05) is 5.32 Å². The van der Waals surface area contributed by atoms with Gasteiger partial charge in [0.25, 0.3) is 0 Å². The van der Waals surface area contributed by atoms with E-state index < -0.39 is 5.82 Å². The number of hydrogen-bond acceptors (Lipinski definition) is 4. The number of amides is 1. The Hall–Kier alpha value is -2.24. The minimum Gasteiger partial charge on any atom is -0.426 e. The number of halogens is 1. The van der Waals surface area contributed by atoms with Crippen molar-refractivity contribution in [1.29, 1.82) is 0 Å². The highest BCUT2D eigenvalue weighted by atomic mass is 19.1. The van der Waals surface area contributed by atoms with Crippen LogP contribution >= 0.6 is 0 Å². The van der Waals surface area contributed by atoms with Crippen LogP contribution in [0.2, 0.25) is 0 Å². The van der Waals surface area contributed by atoms with Crippen molar-refractivity contribution in [2.45, 2.75) is 19.8 Å². The fraction of sp³-hybridized carbons (Fsp3) is 0.250. The Kier molecular flexibility index (Phi) is 3.66. The van der Waals surface area contributed by atoms with Crippen molar-refractivity contribution in [3.8, 4) is 0 Å². The van der Waals surface area contributed by atoms with Gasteiger partial charge < -0.3 is 9.73 Å². The molecule has 1 N–H and O–H groups in total. The summed E-state index contributed by atoms with van der Waals surface area (Å²) >= 11 is 0. The van der Waals surface area contributed by atoms with E-state index >= 15 is 0 Å². The van der Waals surface area contributed by atoms with Crippen LogP contribution in [-0.2, 0) is 11.2 Å². The van der Waals surface area contributed by atoms with E-state index in [0.29, 0.717) is 18.2 Å². The lowest BCUT2D eigenvalue weighted by Crippen LogP contribution is -2.13. The van der Waals surface area contributed by atoms with Crippen molar-refractivity contribution in [3.63, 3.8) is 0 Å². The monoisotopic (exact) mass is 249 g/mol. The summed E-state index contributed by atoms with van der Waals surface area (Å²) in [5.74, 6) is 0.103. The number of anilines is 1. The van der Waals surface area contributed by atoms with Crippen molar-refractivity contribution >= 4 is 11.6 Å². The number of aryl methyl sites for hydroxylation is 2. The van der Waals surface area contributed by atoms with E-state index in [1.807, 2.05) is 0 Å². The summed E-state index contributed by atoms with van der Waals surface area (Å²) in [7, 11) is 0. The van der Waals surface area contributed by atoms with E-state index in [4.69, 9.17) is 4.42 Å². The molecule has 0 fully saturated rings. The Bertz CT molecular complexity index is 554. The molecule has 6 heteroatoms. The standard InChI is InChI=1S/C12H12FN3O2/c1-8-15-16-12(18-8)7-6-11(17)14-10-5-3-2-4-9(10)13/h2-5H,6-7H2,1H3,(H,14,17). The van der Waals surface area contributed by atoms with Gasteiger partial charge in [0.05, 0.1) is 5.69 Å². The topological polar surface area (TPSA) is 68.0 Å². The van der Waals surface area contributed by atoms with Crippen molar-refractivity contribution in [3.05, 3.63) is 41.9 Å². The minimum atomic E-state index is -0.459. The summed E-state index contributed by atoms with van der Waals surface area (Å²) in [6.45, 7) is 1.68. The van der Waals surface area contributed by atoms with E-state index in [1.165, 1.54) is 12.1 Å². The average molecular weight is 249 g/mol. The molecule has 0 saturated heterocycles. The van der Waals surface area contributed by atoms with E-state index in [-0.39, 0.29) is 18.0 Å². The zero-order chi connectivity index (χ0) is 13.0. The van der Waals surface area contributed by atoms with E-state index in [9.17, 15) is 9.18 Å². The van der Waals surface area contributed by atoms with E-state index in [2.05, 4.69) is 15.5 Å². The van der Waals surface area contributed by atoms with Crippen LogP contribution in [0.25, 0.3) is 0 Å². The normalized spacial score (nSPS) is 10.3. The fourth-order valence-corrected chi connectivity index (χ4v) is 1.43. The van der Waals surface area contributed by atoms with Crippen LogP contribution in [0.1, 0.15) is 18.2 Å². The largest absolute Gasteiger partial charge is 0.426 e. The summed E-state index contributed by atoms with van der Waals surface area (Å²) in [4.78, 5) is 11.6. The van der Waals surface area contributed by atoms with E-state index in [1.54, 1.807) is 19.1 Å². The molecule has 0 unspecified atom stereocenters. The predicted octanol–water partition coefficient (Wildman–Crippen LogP) is 2.09. The number of nitrogens with zero attached hydrogens (tertiary/aromatic N) is 2. The average Bonchev–Trinajstić information content (AvgIpc) is 2.76. The Morgan fingerprint density at radius 3 is 2.83 bits per heavy atom. The van der Waals surface area contributed by atoms with Gasteiger partial charge in [0.15, 0.2) is 0 Å². The zero-order valence-corrected chi connectivity index (χ0v) is 9.81. The fourth-order valence-electron chi connectivity index (χ4n) is 1.43. The molecular weight excluding hydrogens is 237 g/mol. The predicted molar refractivity (Wildman–Crippen MR) is 62.4 cm³/mol. The van der Waals surface area contributed by atoms with Gasteiger partial charge in [0.2, 0.25) is 17.7 Å². The van der Waals surface area contributed by atoms with Crippen molar-refractivity contribution in [2.24, 2.45) is 0 Å². The van der Waals surface area contributed by atoms with Gasteiger partial charge in [-0.05, 0) is 12.1 Å². The number of rotatable bonds is 4. The van der Waals surface area contributed by atoms with Gasteiger partial charge in [0.1, 0.15) is 5.82 Å². The molecule has 2 aromatic rings. The second-order valence-electron chi connectivity index (χ2n) is 3.74. The molecule has 0 radical (unpaired) electrons. The summed E-state index contributed by atoms with van der Waals surface area (Å²) in [6, 6.07) is 6.01. The molecule has 0 spiro atoms. The maximum atomic E-state index is 13.3. The first kappa shape index (κ1) is 12.2. The number of hydrogen-bond donors (Lipinski definition) is 1. The molecular formula is C12H12FN3O2. The van der Waals surface area contributed by atoms with Crippen LogP contribution in [0.5, 0.6) is 0 Å². The third kappa shape index (κ3) is 3.13. The highest BCUT2D eigenvalue weighted by Crippen LogP contribution is 2.13. The molecule has 0 aliphatic rings. The quantitative estimate of drug-likeness (QED) is 0.900. The molecule has 0 atom stereocenters. The van der Waals surface area contributed by atoms with Gasteiger partial charge in [0, 0.05) is 19.8 Å². The molecule has 0 bridgehead atoms. The van der Waals surface area contributed by atoms with Crippen LogP contribution in [-0.4, -0.2) is 16.1 Å². The number of nitrogens with one attached hydrogen (secondary N) is 1. The number of carbonyl (C=O) groups excluding carboxylic acids is 1. The molecule has 1 aromatic heterocycles. The number of carbonyl (C=O) groups is 1. The lowest BCUT2D eigenvalue weighted by molar-refractivity contribution is -0.116. The Morgan fingerprint density at radius 1 is 1.39 bits per heavy atom. The van der Waals surface area contributed by atoms with Crippen molar-refractivity contribution in [1.82, 2.24) is 10.2 Å². The molecule has 1 heterocycles. The highest BCUT2D eigenvalue weighted by Gasteiger charge is 2.09. The summed E-state index contributed by atoms with van der Waals surface area (Å²) < 4.78 is 18.4. The maximum Gasteiger partial charge on any atom is 0.224 e. The summed E-state index contributed by atoms with van der Waals surface area (Å²) in [6.07, 6.45) is 0.497. The van der Waals surface area contributed by atoms with Crippen LogP contribution < -0.4 is 5.32 Å². The molecule has 18 heavy (non-hydrogen) atoms. The Morgan fingerprint density at radius 2 is 2.17 bits per heavy atom. The highest BCUT2D eigenvalue weighted by molar-refractivity contribution is 5.90. The maximum absolute atomic E-state index is 13.3. The van der Waals surface area contributed by atoms with Gasteiger partial charge in [-0.25, -0.2) is 4.39 Å². The second-order valence-corrected chi connectivity index (χ2v) is 3.74. The minimum absolute atomic E-state index is 0.163. The zero-order valence-electron chi connectivity index (χ0n) is 9.81. The summed E-state index contributed by atoms with van der Waals surface area (Å²) in [5.41, 5.74) is 0.171. The molecule has 0 aliphatic carbocycles. The van der Waals surface area contributed by atoms with Crippen LogP contribution in [0, 0.1) is 12.7 Å². The smallest absolute Gasteiger partial charge is 0.224 e. The molecule has 0 saturated carbocycles. The van der Waals surface area contributed by atoms with Gasteiger partial charge in [-0.3, -0.25) is 4.79 Å². The lowest BCUT2D eigenvalue weighted by atomic mass is 10.2. The van der Waals surface area contributed by atoms with Crippen LogP contribution in [0.15, 0.2) is 28.7 Å². The Balaban J connectivity index is 1.88. The molecule has 94 valence electrons. The van der Waals surface area contributed by atoms with Gasteiger partial charge in [-0.15, -0.1) is 10.2 Å². The molecule has 1 amide bonds. The Labute approximate surface area is 103 Å². The first-order chi connectivity index (χ1) is 8.65. The molecule has 1 aromatic carbocycles. The van der Waals surface area contributed by atoms with E-state index in [0.717, 1.165) is 0 Å². The number of aromatic nitrogens is 2. The summed E-state index contributed by atoms with van der Waals surface area (Å²) in [5, 5.41) is 9.91. The third-order valence-electron chi connectivity index (χ3n) is 2.28. The third-order valence-corrected chi connectivity index (χ3v) is 2.28. The van der Waals surface area contributed by atoms with Gasteiger partial charge >= 0.3 is 0 Å². The number of para-hydroxylation sites is 1. The second kappa shape index (κ2) is 5.39. The van der Waals surface area contributed by atoms with Crippen molar-refractivity contribution < 1.29 is 13.6 Å². The van der Waals surface area contributed by atoms with Crippen LogP contribution in [0.4, 0.5) is 10.1 Å². The molecule has 0 aliphatic heterocycles. The first-order valence-corrected chi connectivity index (χ1v) is 5.48.